The van der Waals surface area contributed by atoms with Crippen LogP contribution in [0.4, 0.5) is 10.5 Å². The summed E-state index contributed by atoms with van der Waals surface area (Å²) in [4.78, 5) is 24.9. The van der Waals surface area contributed by atoms with E-state index in [9.17, 15) is 9.59 Å². The predicted octanol–water partition coefficient (Wildman–Crippen LogP) is 2.70. The number of carbonyl (C=O) groups is 2. The van der Waals surface area contributed by atoms with Crippen LogP contribution < -0.4 is 16.4 Å². The third-order valence-corrected chi connectivity index (χ3v) is 5.22. The van der Waals surface area contributed by atoms with Gasteiger partial charge < -0.3 is 21.1 Å². The summed E-state index contributed by atoms with van der Waals surface area (Å²) in [5.74, 6) is 0.108. The Kier molecular flexibility index (Phi) is 5.93. The molecule has 1 saturated carbocycles. The first kappa shape index (κ1) is 18.5. The van der Waals surface area contributed by atoms with Gasteiger partial charge in [-0.3, -0.25) is 0 Å². The molecule has 0 aromatic heterocycles. The average molecular weight is 358 g/mol. The summed E-state index contributed by atoms with van der Waals surface area (Å²) >= 11 is 0. The van der Waals surface area contributed by atoms with Crippen molar-refractivity contribution in [3.8, 4) is 0 Å². The van der Waals surface area contributed by atoms with Crippen molar-refractivity contribution < 1.29 is 20.1 Å². The van der Waals surface area contributed by atoms with Crippen LogP contribution in [0.5, 0.6) is 0 Å². The molecule has 1 aliphatic heterocycles. The number of rotatable bonds is 5. The van der Waals surface area contributed by atoms with E-state index in [1.807, 2.05) is 31.2 Å². The first-order chi connectivity index (χ1) is 12.6. The highest BCUT2D eigenvalue weighted by atomic mass is 16.5. The lowest BCUT2D eigenvalue weighted by atomic mass is 9.90. The summed E-state index contributed by atoms with van der Waals surface area (Å²) in [5, 5.41) is 5.62. The van der Waals surface area contributed by atoms with E-state index in [-0.39, 0.29) is 12.0 Å². The van der Waals surface area contributed by atoms with E-state index in [0.29, 0.717) is 30.2 Å². The van der Waals surface area contributed by atoms with Gasteiger partial charge in [-0.25, -0.2) is 9.59 Å². The van der Waals surface area contributed by atoms with E-state index in [1.165, 1.54) is 19.3 Å². The second kappa shape index (κ2) is 8.36. The Morgan fingerprint density at radius 3 is 2.54 bits per heavy atom. The standard InChI is InChI=1S/C20H27N3O3/c1-2-16-17(19(24)26-12-13-6-4-3-5-7-13)18(23-20(25)22-16)14-8-10-15(21)11-9-14/h8-11,13,18H,2-7,12,21H2,1H3,(H2,22,23,25)/p+1/t18-/m0/s1. The van der Waals surface area contributed by atoms with Crippen LogP contribution in [-0.4, -0.2) is 18.6 Å². The van der Waals surface area contributed by atoms with Gasteiger partial charge in [0.2, 0.25) is 0 Å². The van der Waals surface area contributed by atoms with Gasteiger partial charge in [-0.1, -0.05) is 38.3 Å². The SMILES string of the molecule is CCC1=C(C(=O)OCC2CCCCC2)[C@H](c2ccc([NH3+])cc2)NC(=O)N1. The zero-order chi connectivity index (χ0) is 18.5. The van der Waals surface area contributed by atoms with Gasteiger partial charge in [0, 0.05) is 5.70 Å². The summed E-state index contributed by atoms with van der Waals surface area (Å²) in [7, 11) is 0. The van der Waals surface area contributed by atoms with E-state index < -0.39 is 6.04 Å². The number of carbonyl (C=O) groups excluding carboxylic acids is 2. The third-order valence-electron chi connectivity index (χ3n) is 5.22. The van der Waals surface area contributed by atoms with Crippen molar-refractivity contribution in [1.82, 2.24) is 10.6 Å². The molecule has 0 radical (unpaired) electrons. The number of urea groups is 1. The van der Waals surface area contributed by atoms with Crippen LogP contribution in [0, 0.1) is 5.92 Å². The number of amides is 2. The van der Waals surface area contributed by atoms with Gasteiger partial charge in [0.1, 0.15) is 5.69 Å². The highest BCUT2D eigenvalue weighted by molar-refractivity contribution is 5.95. The van der Waals surface area contributed by atoms with Gasteiger partial charge in [-0.2, -0.15) is 0 Å². The Bertz CT molecular complexity index is 691. The van der Waals surface area contributed by atoms with Crippen molar-refractivity contribution in [3.05, 3.63) is 41.1 Å². The van der Waals surface area contributed by atoms with Crippen molar-refractivity contribution in [2.75, 3.05) is 6.61 Å². The molecule has 26 heavy (non-hydrogen) atoms. The summed E-state index contributed by atoms with van der Waals surface area (Å²) in [6.45, 7) is 2.38. The lowest BCUT2D eigenvalue weighted by Crippen LogP contribution is -2.46. The highest BCUT2D eigenvalue weighted by Crippen LogP contribution is 2.30. The third kappa shape index (κ3) is 4.25. The topological polar surface area (TPSA) is 95.1 Å². The molecular weight excluding hydrogens is 330 g/mol. The lowest BCUT2D eigenvalue weighted by molar-refractivity contribution is -0.254. The number of ether oxygens (including phenoxy) is 1. The van der Waals surface area contributed by atoms with Crippen molar-refractivity contribution in [1.29, 1.82) is 0 Å². The highest BCUT2D eigenvalue weighted by Gasteiger charge is 2.33. The van der Waals surface area contributed by atoms with Gasteiger partial charge in [-0.15, -0.1) is 0 Å². The molecule has 0 saturated heterocycles. The maximum Gasteiger partial charge on any atom is 0.338 e. The molecule has 1 heterocycles. The van der Waals surface area contributed by atoms with Crippen molar-refractivity contribution in [3.63, 3.8) is 0 Å². The molecule has 5 N–H and O–H groups in total. The Hall–Kier alpha value is -2.34. The van der Waals surface area contributed by atoms with E-state index in [1.54, 1.807) is 0 Å². The van der Waals surface area contributed by atoms with E-state index in [0.717, 1.165) is 24.1 Å². The number of hydrogen-bond donors (Lipinski definition) is 3. The molecule has 0 spiro atoms. The van der Waals surface area contributed by atoms with Gasteiger partial charge in [0.05, 0.1) is 18.2 Å². The van der Waals surface area contributed by atoms with Crippen molar-refractivity contribution in [2.45, 2.75) is 51.5 Å². The molecule has 6 heteroatoms. The zero-order valence-corrected chi connectivity index (χ0v) is 15.3. The average Bonchev–Trinajstić information content (AvgIpc) is 2.66. The molecule has 1 aromatic rings. The summed E-state index contributed by atoms with van der Waals surface area (Å²) in [6, 6.07) is 6.73. The smallest absolute Gasteiger partial charge is 0.338 e. The van der Waals surface area contributed by atoms with Crippen LogP contribution in [0.25, 0.3) is 0 Å². The van der Waals surface area contributed by atoms with E-state index >= 15 is 0 Å². The van der Waals surface area contributed by atoms with Gasteiger partial charge >= 0.3 is 12.0 Å². The largest absolute Gasteiger partial charge is 0.462 e. The van der Waals surface area contributed by atoms with Gasteiger partial charge in [-0.05, 0) is 42.9 Å². The Labute approximate surface area is 154 Å². The Balaban J connectivity index is 1.81. The molecular formula is C20H28N3O3+. The molecule has 0 unspecified atom stereocenters. The van der Waals surface area contributed by atoms with Crippen molar-refractivity contribution >= 4 is 17.7 Å². The Morgan fingerprint density at radius 1 is 1.19 bits per heavy atom. The summed E-state index contributed by atoms with van der Waals surface area (Å²) in [6.07, 6.45) is 6.50. The lowest BCUT2D eigenvalue weighted by Gasteiger charge is -2.29. The quantitative estimate of drug-likeness (QED) is 0.706. The van der Waals surface area contributed by atoms with Gasteiger partial charge in [0.15, 0.2) is 0 Å². The molecule has 6 nitrogen and oxygen atoms in total. The number of benzene rings is 1. The Morgan fingerprint density at radius 2 is 1.88 bits per heavy atom. The fourth-order valence-corrected chi connectivity index (χ4v) is 3.72. The second-order valence-electron chi connectivity index (χ2n) is 7.12. The molecule has 3 rings (SSSR count). The van der Waals surface area contributed by atoms with Crippen LogP contribution in [0.15, 0.2) is 35.5 Å². The normalized spacial score (nSPS) is 21.2. The van der Waals surface area contributed by atoms with Crippen LogP contribution >= 0.6 is 0 Å². The summed E-state index contributed by atoms with van der Waals surface area (Å²) in [5.41, 5.74) is 6.75. The molecule has 0 bridgehead atoms. The maximum atomic E-state index is 12.9. The minimum Gasteiger partial charge on any atom is -0.462 e. The monoisotopic (exact) mass is 358 g/mol. The van der Waals surface area contributed by atoms with Crippen LogP contribution in [0.2, 0.25) is 0 Å². The molecule has 1 fully saturated rings. The number of allylic oxidation sites excluding steroid dienone is 1. The van der Waals surface area contributed by atoms with Crippen LogP contribution in [0.1, 0.15) is 57.1 Å². The molecule has 1 aromatic carbocycles. The fourth-order valence-electron chi connectivity index (χ4n) is 3.72. The molecule has 140 valence electrons. The van der Waals surface area contributed by atoms with Crippen LogP contribution in [0.3, 0.4) is 0 Å². The minimum atomic E-state index is -0.502. The summed E-state index contributed by atoms with van der Waals surface area (Å²) < 4.78 is 5.66. The molecule has 1 aliphatic carbocycles. The zero-order valence-electron chi connectivity index (χ0n) is 15.3. The fraction of sp³-hybridized carbons (Fsp3) is 0.500. The number of nitrogens with one attached hydrogen (secondary N) is 2. The molecule has 2 aliphatic rings. The molecule has 1 atom stereocenters. The number of hydrogen-bond acceptors (Lipinski definition) is 3. The first-order valence-corrected chi connectivity index (χ1v) is 9.48. The minimum absolute atomic E-state index is 0.297. The maximum absolute atomic E-state index is 12.9. The van der Waals surface area contributed by atoms with E-state index in [2.05, 4.69) is 16.4 Å². The second-order valence-corrected chi connectivity index (χ2v) is 7.12. The predicted molar refractivity (Wildman–Crippen MR) is 98.2 cm³/mol. The van der Waals surface area contributed by atoms with Gasteiger partial charge in [0.25, 0.3) is 0 Å². The number of esters is 1. The molecule has 2 amide bonds. The van der Waals surface area contributed by atoms with Crippen LogP contribution in [-0.2, 0) is 9.53 Å². The van der Waals surface area contributed by atoms with E-state index in [4.69, 9.17) is 4.74 Å². The number of quaternary nitrogens is 1. The first-order valence-electron chi connectivity index (χ1n) is 9.48. The van der Waals surface area contributed by atoms with Crippen molar-refractivity contribution in [2.24, 2.45) is 5.92 Å².